The van der Waals surface area contributed by atoms with Crippen LogP contribution >= 0.6 is 0 Å². The molecular formula is C13H20NO+. The van der Waals surface area contributed by atoms with Crippen LogP contribution in [0.4, 0.5) is 0 Å². The number of quaternary nitrogens is 1. The van der Waals surface area contributed by atoms with E-state index < -0.39 is 0 Å². The molecule has 1 aliphatic heterocycles. The second kappa shape index (κ2) is 4.23. The van der Waals surface area contributed by atoms with E-state index in [-0.39, 0.29) is 0 Å². The van der Waals surface area contributed by atoms with Crippen molar-refractivity contribution < 1.29 is 9.32 Å². The molecule has 2 heteroatoms. The largest absolute Gasteiger partial charge is 0.465 e. The Kier molecular flexibility index (Phi) is 2.96. The molecular weight excluding hydrogens is 186 g/mol. The van der Waals surface area contributed by atoms with Crippen LogP contribution in [0.5, 0.6) is 0 Å². The van der Waals surface area contributed by atoms with Crippen molar-refractivity contribution >= 4 is 6.08 Å². The van der Waals surface area contributed by atoms with Crippen molar-refractivity contribution in [1.82, 2.24) is 0 Å². The van der Waals surface area contributed by atoms with E-state index >= 15 is 0 Å². The van der Waals surface area contributed by atoms with Crippen molar-refractivity contribution in [3.05, 3.63) is 29.7 Å². The molecule has 0 saturated carbocycles. The van der Waals surface area contributed by atoms with Gasteiger partial charge in [-0.05, 0) is 37.1 Å². The molecule has 2 rings (SSSR count). The van der Waals surface area contributed by atoms with E-state index in [1.165, 1.54) is 18.5 Å². The van der Waals surface area contributed by atoms with Crippen LogP contribution in [0.15, 0.2) is 28.4 Å². The molecule has 0 aromatic carbocycles. The predicted octanol–water partition coefficient (Wildman–Crippen LogP) is 1.61. The highest BCUT2D eigenvalue weighted by Crippen LogP contribution is 2.20. The molecule has 0 spiro atoms. The first-order valence-electron chi connectivity index (χ1n) is 5.73. The minimum atomic E-state index is 0.617. The molecule has 1 unspecified atom stereocenters. The number of hydrogen-bond acceptors (Lipinski definition) is 1. The Morgan fingerprint density at radius 1 is 1.47 bits per heavy atom. The molecule has 1 aromatic heterocycles. The van der Waals surface area contributed by atoms with Gasteiger partial charge in [0.15, 0.2) is 0 Å². The highest BCUT2D eigenvalue weighted by molar-refractivity contribution is 5.48. The highest BCUT2D eigenvalue weighted by Gasteiger charge is 2.27. The number of rotatable bonds is 1. The van der Waals surface area contributed by atoms with Crippen molar-refractivity contribution in [2.24, 2.45) is 5.92 Å². The van der Waals surface area contributed by atoms with Gasteiger partial charge in [0.1, 0.15) is 11.8 Å². The van der Waals surface area contributed by atoms with E-state index in [9.17, 15) is 0 Å². The van der Waals surface area contributed by atoms with Crippen molar-refractivity contribution in [2.75, 3.05) is 13.6 Å². The van der Waals surface area contributed by atoms with E-state index in [2.05, 4.69) is 27.0 Å². The van der Waals surface area contributed by atoms with Crippen LogP contribution in [0.2, 0.25) is 0 Å². The van der Waals surface area contributed by atoms with Crippen LogP contribution in [0.3, 0.4) is 0 Å². The number of furan rings is 1. The normalized spacial score (nSPS) is 34.6. The molecule has 0 amide bonds. The smallest absolute Gasteiger partial charge is 0.126 e. The topological polar surface area (TPSA) is 17.6 Å². The third-order valence-electron chi connectivity index (χ3n) is 3.42. The van der Waals surface area contributed by atoms with Gasteiger partial charge in [-0.2, -0.15) is 0 Å². The van der Waals surface area contributed by atoms with Gasteiger partial charge in [-0.15, -0.1) is 0 Å². The summed E-state index contributed by atoms with van der Waals surface area (Å²) < 4.78 is 5.37. The van der Waals surface area contributed by atoms with Crippen molar-refractivity contribution in [1.29, 1.82) is 0 Å². The van der Waals surface area contributed by atoms with Crippen molar-refractivity contribution in [3.63, 3.8) is 0 Å². The average Bonchev–Trinajstić information content (AvgIpc) is 2.66. The maximum atomic E-state index is 5.37. The molecule has 0 aliphatic carbocycles. The van der Waals surface area contributed by atoms with E-state index in [1.54, 1.807) is 11.2 Å². The van der Waals surface area contributed by atoms with Gasteiger partial charge in [-0.1, -0.05) is 6.92 Å². The first-order chi connectivity index (χ1) is 7.16. The maximum Gasteiger partial charge on any atom is 0.126 e. The lowest BCUT2D eigenvalue weighted by molar-refractivity contribution is -0.905. The fourth-order valence-corrected chi connectivity index (χ4v) is 2.43. The Labute approximate surface area is 91.6 Å². The molecule has 2 nitrogen and oxygen atoms in total. The van der Waals surface area contributed by atoms with Crippen LogP contribution in [0, 0.1) is 5.92 Å². The summed E-state index contributed by atoms with van der Waals surface area (Å²) in [6, 6.07) is 4.58. The third-order valence-corrected chi connectivity index (χ3v) is 3.42. The first-order valence-corrected chi connectivity index (χ1v) is 5.73. The van der Waals surface area contributed by atoms with Gasteiger partial charge >= 0.3 is 0 Å². The quantitative estimate of drug-likeness (QED) is 0.739. The summed E-state index contributed by atoms with van der Waals surface area (Å²) in [5.74, 6) is 1.76. The third kappa shape index (κ3) is 2.32. The minimum absolute atomic E-state index is 0.617. The molecule has 1 aliphatic rings. The molecule has 1 N–H and O–H groups in total. The van der Waals surface area contributed by atoms with Gasteiger partial charge in [-0.25, -0.2) is 0 Å². The van der Waals surface area contributed by atoms with Crippen LogP contribution < -0.4 is 4.90 Å². The molecule has 0 radical (unpaired) electrons. The van der Waals surface area contributed by atoms with Gasteiger partial charge in [-0.3, -0.25) is 0 Å². The zero-order valence-corrected chi connectivity index (χ0v) is 9.79. The SMILES string of the molecule is C[C@H]1CC(=Cc2ccco2)[C@H](C)[NH+](C)C1. The zero-order valence-electron chi connectivity index (χ0n) is 9.79. The average molecular weight is 206 g/mol. The molecule has 1 aromatic rings. The van der Waals surface area contributed by atoms with E-state index in [1.807, 2.05) is 12.1 Å². The molecule has 82 valence electrons. The minimum Gasteiger partial charge on any atom is -0.465 e. The molecule has 0 bridgehead atoms. The summed E-state index contributed by atoms with van der Waals surface area (Å²) in [5.41, 5.74) is 1.52. The number of likely N-dealkylation sites (tertiary alicyclic amines) is 1. The Morgan fingerprint density at radius 2 is 2.27 bits per heavy atom. The fourth-order valence-electron chi connectivity index (χ4n) is 2.43. The van der Waals surface area contributed by atoms with Crippen LogP contribution in [0.1, 0.15) is 26.0 Å². The van der Waals surface area contributed by atoms with Gasteiger partial charge < -0.3 is 9.32 Å². The Bertz CT molecular complexity index is 339. The van der Waals surface area contributed by atoms with Crippen LogP contribution in [0.25, 0.3) is 6.08 Å². The standard InChI is InChI=1S/C13H19NO/c1-10-7-12(11(2)14(3)9-10)8-13-5-4-6-15-13/h4-6,8,10-11H,7,9H2,1-3H3/p+1/t10-,11-/m0/s1. The second-order valence-electron chi connectivity index (χ2n) is 4.82. The van der Waals surface area contributed by atoms with Gasteiger partial charge in [0.05, 0.1) is 19.9 Å². The van der Waals surface area contributed by atoms with E-state index in [4.69, 9.17) is 4.42 Å². The van der Waals surface area contributed by atoms with Crippen molar-refractivity contribution in [2.45, 2.75) is 26.3 Å². The highest BCUT2D eigenvalue weighted by atomic mass is 16.3. The summed E-state index contributed by atoms with van der Waals surface area (Å²) in [7, 11) is 2.27. The molecule has 1 saturated heterocycles. The number of piperidine rings is 1. The molecule has 2 heterocycles. The zero-order chi connectivity index (χ0) is 10.8. The van der Waals surface area contributed by atoms with Gasteiger partial charge in [0, 0.05) is 5.92 Å². The predicted molar refractivity (Wildman–Crippen MR) is 61.7 cm³/mol. The van der Waals surface area contributed by atoms with Crippen molar-refractivity contribution in [3.8, 4) is 0 Å². The summed E-state index contributed by atoms with van der Waals surface area (Å²) in [6.45, 7) is 5.90. The van der Waals surface area contributed by atoms with Crippen LogP contribution in [-0.4, -0.2) is 19.6 Å². The first kappa shape index (κ1) is 10.5. The molecule has 3 atom stereocenters. The Balaban J connectivity index is 2.20. The van der Waals surface area contributed by atoms with Gasteiger partial charge in [0.2, 0.25) is 0 Å². The lowest BCUT2D eigenvalue weighted by atomic mass is 9.90. The number of nitrogens with one attached hydrogen (secondary N) is 1. The van der Waals surface area contributed by atoms with E-state index in [0.717, 1.165) is 11.7 Å². The maximum absolute atomic E-state index is 5.37. The summed E-state index contributed by atoms with van der Waals surface area (Å²) in [6.07, 6.45) is 5.16. The Morgan fingerprint density at radius 3 is 2.93 bits per heavy atom. The number of likely N-dealkylation sites (N-methyl/N-ethyl adjacent to an activating group) is 1. The summed E-state index contributed by atoms with van der Waals surface area (Å²) in [4.78, 5) is 1.60. The molecule has 1 fully saturated rings. The second-order valence-corrected chi connectivity index (χ2v) is 4.82. The van der Waals surface area contributed by atoms with Crippen LogP contribution in [-0.2, 0) is 0 Å². The van der Waals surface area contributed by atoms with E-state index in [0.29, 0.717) is 6.04 Å². The lowest BCUT2D eigenvalue weighted by Gasteiger charge is -2.32. The lowest BCUT2D eigenvalue weighted by Crippen LogP contribution is -3.14. The van der Waals surface area contributed by atoms with Gasteiger partial charge in [0.25, 0.3) is 0 Å². The Hall–Kier alpha value is -1.02. The molecule has 15 heavy (non-hydrogen) atoms. The number of hydrogen-bond donors (Lipinski definition) is 1. The fraction of sp³-hybridized carbons (Fsp3) is 0.538. The summed E-state index contributed by atoms with van der Waals surface area (Å²) >= 11 is 0. The summed E-state index contributed by atoms with van der Waals surface area (Å²) in [5, 5.41) is 0. The monoisotopic (exact) mass is 206 g/mol.